The number of nitrogens with one attached hydrogen (secondary N) is 1. The van der Waals surface area contributed by atoms with Crippen molar-refractivity contribution < 1.29 is 9.90 Å². The molecule has 1 saturated carbocycles. The summed E-state index contributed by atoms with van der Waals surface area (Å²) in [4.78, 5) is 16.5. The Morgan fingerprint density at radius 3 is 2.82 bits per heavy atom. The topological polar surface area (TPSA) is 80.0 Å². The maximum Gasteiger partial charge on any atom is 0.306 e. The lowest BCUT2D eigenvalue weighted by molar-refractivity contribution is -0.142. The lowest BCUT2D eigenvalue weighted by Gasteiger charge is -2.26. The Balaban J connectivity index is 1.53. The molecule has 8 heteroatoms. The Bertz CT molecular complexity index is 649. The first-order valence-electron chi connectivity index (χ1n) is 7.22. The molecule has 0 atom stereocenters. The number of aliphatic carboxylic acids is 1. The third-order valence-corrected chi connectivity index (χ3v) is 5.20. The van der Waals surface area contributed by atoms with E-state index in [-0.39, 0.29) is 5.92 Å². The predicted octanol–water partition coefficient (Wildman–Crippen LogP) is 3.21. The van der Waals surface area contributed by atoms with Crippen LogP contribution in [0.1, 0.15) is 30.6 Å². The predicted molar refractivity (Wildman–Crippen MR) is 88.1 cm³/mol. The number of carboxylic acids is 1. The average molecular weight is 385 g/mol. The largest absolute Gasteiger partial charge is 0.481 e. The molecule has 0 radical (unpaired) electrons. The molecule has 1 aliphatic carbocycles. The van der Waals surface area contributed by atoms with Crippen LogP contribution in [-0.4, -0.2) is 31.9 Å². The van der Waals surface area contributed by atoms with Gasteiger partial charge in [-0.05, 0) is 41.6 Å². The molecule has 2 aromatic rings. The molecule has 3 rings (SSSR count). The minimum atomic E-state index is -0.666. The molecule has 2 aromatic heterocycles. The zero-order valence-electron chi connectivity index (χ0n) is 11.9. The van der Waals surface area contributed by atoms with Gasteiger partial charge in [-0.1, -0.05) is 0 Å². The van der Waals surface area contributed by atoms with Gasteiger partial charge in [-0.15, -0.1) is 11.3 Å². The van der Waals surface area contributed by atoms with Crippen LogP contribution in [0.5, 0.6) is 0 Å². The summed E-state index contributed by atoms with van der Waals surface area (Å²) in [6, 6.07) is 0.327. The van der Waals surface area contributed by atoms with Gasteiger partial charge in [0.05, 0.1) is 23.1 Å². The number of carboxylic acid groups (broad SMARTS) is 1. The van der Waals surface area contributed by atoms with Crippen molar-refractivity contribution in [1.82, 2.24) is 14.8 Å². The molecule has 0 aromatic carbocycles. The fourth-order valence-electron chi connectivity index (χ4n) is 2.69. The van der Waals surface area contributed by atoms with Crippen molar-refractivity contribution in [2.24, 2.45) is 5.92 Å². The molecular weight excluding hydrogens is 368 g/mol. The van der Waals surface area contributed by atoms with Crippen LogP contribution in [0, 0.1) is 5.92 Å². The third-order valence-electron chi connectivity index (χ3n) is 3.88. The molecule has 118 valence electrons. The summed E-state index contributed by atoms with van der Waals surface area (Å²) in [6.07, 6.45) is 8.82. The summed E-state index contributed by atoms with van der Waals surface area (Å²) in [5, 5.41) is 17.6. The van der Waals surface area contributed by atoms with E-state index in [1.807, 2.05) is 17.1 Å². The second kappa shape index (κ2) is 6.78. The highest BCUT2D eigenvalue weighted by Crippen LogP contribution is 2.28. The number of carbonyl (C=O) groups is 1. The normalized spacial score (nSPS) is 21.7. The Hall–Kier alpha value is -1.41. The number of nitrogens with zero attached hydrogens (tertiary/aromatic N) is 3. The van der Waals surface area contributed by atoms with Gasteiger partial charge in [0.25, 0.3) is 0 Å². The second-order valence-corrected chi connectivity index (χ2v) is 7.55. The number of aromatic nitrogens is 3. The van der Waals surface area contributed by atoms with Crippen molar-refractivity contribution in [3.05, 3.63) is 27.9 Å². The molecule has 0 unspecified atom stereocenters. The maximum absolute atomic E-state index is 11.0. The Morgan fingerprint density at radius 1 is 1.41 bits per heavy atom. The van der Waals surface area contributed by atoms with Crippen LogP contribution in [0.4, 0.5) is 5.13 Å². The summed E-state index contributed by atoms with van der Waals surface area (Å²) in [5.41, 5.74) is 0. The number of halogens is 1. The van der Waals surface area contributed by atoms with Gasteiger partial charge in [0, 0.05) is 23.3 Å². The van der Waals surface area contributed by atoms with Crippen LogP contribution in [0.15, 0.2) is 23.1 Å². The molecule has 0 amide bonds. The Morgan fingerprint density at radius 2 is 2.18 bits per heavy atom. The van der Waals surface area contributed by atoms with Gasteiger partial charge in [0.2, 0.25) is 0 Å². The minimum Gasteiger partial charge on any atom is -0.481 e. The van der Waals surface area contributed by atoms with E-state index in [0.717, 1.165) is 40.2 Å². The van der Waals surface area contributed by atoms with Gasteiger partial charge in [-0.25, -0.2) is 4.98 Å². The van der Waals surface area contributed by atoms with E-state index >= 15 is 0 Å². The van der Waals surface area contributed by atoms with Crippen molar-refractivity contribution in [2.75, 3.05) is 5.32 Å². The van der Waals surface area contributed by atoms with Crippen molar-refractivity contribution in [2.45, 2.75) is 38.3 Å². The van der Waals surface area contributed by atoms with Crippen LogP contribution in [-0.2, 0) is 11.3 Å². The lowest BCUT2D eigenvalue weighted by atomic mass is 9.86. The van der Waals surface area contributed by atoms with Crippen LogP contribution in [0.3, 0.4) is 0 Å². The van der Waals surface area contributed by atoms with Crippen molar-refractivity contribution in [1.29, 1.82) is 0 Å². The van der Waals surface area contributed by atoms with E-state index in [1.54, 1.807) is 17.5 Å². The first kappa shape index (κ1) is 15.5. The second-order valence-electron chi connectivity index (χ2n) is 5.52. The molecule has 2 heterocycles. The third kappa shape index (κ3) is 3.86. The van der Waals surface area contributed by atoms with Crippen molar-refractivity contribution >= 4 is 38.4 Å². The van der Waals surface area contributed by atoms with Gasteiger partial charge in [0.15, 0.2) is 5.13 Å². The molecule has 0 spiro atoms. The first-order chi connectivity index (χ1) is 10.6. The highest BCUT2D eigenvalue weighted by Gasteiger charge is 2.26. The molecular formula is C14H17BrN4O2S. The number of rotatable bonds is 5. The van der Waals surface area contributed by atoms with E-state index < -0.39 is 5.97 Å². The molecule has 1 aliphatic rings. The minimum absolute atomic E-state index is 0.178. The van der Waals surface area contributed by atoms with Gasteiger partial charge in [-0.2, -0.15) is 5.10 Å². The van der Waals surface area contributed by atoms with Gasteiger partial charge in [-0.3, -0.25) is 9.48 Å². The molecule has 6 nitrogen and oxygen atoms in total. The monoisotopic (exact) mass is 384 g/mol. The van der Waals surface area contributed by atoms with Crippen molar-refractivity contribution in [3.63, 3.8) is 0 Å². The molecule has 0 bridgehead atoms. The molecule has 1 fully saturated rings. The number of hydrogen-bond acceptors (Lipinski definition) is 5. The van der Waals surface area contributed by atoms with Crippen LogP contribution in [0.25, 0.3) is 0 Å². The van der Waals surface area contributed by atoms with Gasteiger partial charge < -0.3 is 10.4 Å². The van der Waals surface area contributed by atoms with E-state index in [0.29, 0.717) is 12.6 Å². The molecule has 0 aliphatic heterocycles. The molecule has 2 N–H and O–H groups in total. The summed E-state index contributed by atoms with van der Waals surface area (Å²) in [7, 11) is 0. The SMILES string of the molecule is O=C(O)C1CCC(Nc2ncc(Cn3cc(Br)cn3)s2)CC1. The highest BCUT2D eigenvalue weighted by atomic mass is 79.9. The number of anilines is 1. The zero-order chi connectivity index (χ0) is 15.5. The van der Waals surface area contributed by atoms with E-state index in [2.05, 4.69) is 31.3 Å². The maximum atomic E-state index is 11.0. The highest BCUT2D eigenvalue weighted by molar-refractivity contribution is 9.10. The molecule has 0 saturated heterocycles. The first-order valence-corrected chi connectivity index (χ1v) is 8.83. The van der Waals surface area contributed by atoms with Gasteiger partial charge >= 0.3 is 5.97 Å². The summed E-state index contributed by atoms with van der Waals surface area (Å²) >= 11 is 5.00. The van der Waals surface area contributed by atoms with Crippen LogP contribution >= 0.6 is 27.3 Å². The fraction of sp³-hybridized carbons (Fsp3) is 0.500. The Kier molecular flexibility index (Phi) is 4.77. The summed E-state index contributed by atoms with van der Waals surface area (Å²) in [6.45, 7) is 0.705. The lowest BCUT2D eigenvalue weighted by Crippen LogP contribution is -2.29. The quantitative estimate of drug-likeness (QED) is 0.826. The number of hydrogen-bond donors (Lipinski definition) is 2. The summed E-state index contributed by atoms with van der Waals surface area (Å²) < 4.78 is 2.82. The van der Waals surface area contributed by atoms with Crippen molar-refractivity contribution in [3.8, 4) is 0 Å². The fourth-order valence-corrected chi connectivity index (χ4v) is 3.90. The number of thiazole rings is 1. The van der Waals surface area contributed by atoms with Crippen LogP contribution in [0.2, 0.25) is 0 Å². The zero-order valence-corrected chi connectivity index (χ0v) is 14.3. The Labute approximate surface area is 140 Å². The average Bonchev–Trinajstić information content (AvgIpc) is 3.09. The van der Waals surface area contributed by atoms with E-state index in [4.69, 9.17) is 5.11 Å². The standard InChI is InChI=1S/C14H17BrN4O2S/c15-10-5-17-19(7-10)8-12-6-16-14(22-12)18-11-3-1-9(2-4-11)13(20)21/h5-7,9,11H,1-4,8H2,(H,16,18)(H,20,21). The van der Waals surface area contributed by atoms with E-state index in [9.17, 15) is 4.79 Å². The van der Waals surface area contributed by atoms with E-state index in [1.165, 1.54) is 0 Å². The smallest absolute Gasteiger partial charge is 0.306 e. The summed E-state index contributed by atoms with van der Waals surface area (Å²) in [5.74, 6) is -0.844. The van der Waals surface area contributed by atoms with Crippen LogP contribution < -0.4 is 5.32 Å². The molecule has 22 heavy (non-hydrogen) atoms. The van der Waals surface area contributed by atoms with Gasteiger partial charge in [0.1, 0.15) is 0 Å².